The second-order valence-corrected chi connectivity index (χ2v) is 6.79. The number of nitrogen functional groups attached to an aromatic ring is 1. The zero-order chi connectivity index (χ0) is 17.4. The standard InChI is InChI=1S/C19H24N6/c1-21-15-5-3-13(4-6-15)16-11-17(14-7-9-24(2)10-8-14)25-18(16)19(20)22-12-23-25/h3-6,11-12,14,21H,7-10H2,1-2H3,(H2,20,22,23). The molecular formula is C19H24N6. The first kappa shape index (κ1) is 15.9. The van der Waals surface area contributed by atoms with Gasteiger partial charge in [-0.3, -0.25) is 0 Å². The van der Waals surface area contributed by atoms with Gasteiger partial charge in [0, 0.05) is 29.9 Å². The fourth-order valence-electron chi connectivity index (χ4n) is 3.72. The van der Waals surface area contributed by atoms with E-state index in [4.69, 9.17) is 5.73 Å². The van der Waals surface area contributed by atoms with Crippen molar-refractivity contribution in [2.24, 2.45) is 0 Å². The average Bonchev–Trinajstić information content (AvgIpc) is 3.03. The molecule has 1 aliphatic rings. The Morgan fingerprint density at radius 1 is 1.16 bits per heavy atom. The number of hydrogen-bond acceptors (Lipinski definition) is 5. The Kier molecular flexibility index (Phi) is 4.05. The highest BCUT2D eigenvalue weighted by Crippen LogP contribution is 2.36. The molecule has 0 aliphatic carbocycles. The van der Waals surface area contributed by atoms with Gasteiger partial charge in [0.15, 0.2) is 5.82 Å². The summed E-state index contributed by atoms with van der Waals surface area (Å²) in [4.78, 5) is 6.60. The Bertz CT molecular complexity index is 875. The first-order valence-corrected chi connectivity index (χ1v) is 8.76. The van der Waals surface area contributed by atoms with Crippen molar-refractivity contribution in [1.29, 1.82) is 0 Å². The van der Waals surface area contributed by atoms with Gasteiger partial charge in [-0.05, 0) is 56.7 Å². The smallest absolute Gasteiger partial charge is 0.151 e. The molecule has 6 nitrogen and oxygen atoms in total. The molecule has 3 heterocycles. The monoisotopic (exact) mass is 336 g/mol. The van der Waals surface area contributed by atoms with Crippen molar-refractivity contribution in [2.45, 2.75) is 18.8 Å². The molecule has 0 saturated carbocycles. The minimum Gasteiger partial charge on any atom is -0.388 e. The van der Waals surface area contributed by atoms with Crippen LogP contribution in [0.5, 0.6) is 0 Å². The maximum Gasteiger partial charge on any atom is 0.151 e. The molecule has 0 unspecified atom stereocenters. The minimum atomic E-state index is 0.503. The Morgan fingerprint density at radius 2 is 1.88 bits per heavy atom. The molecule has 25 heavy (non-hydrogen) atoms. The van der Waals surface area contributed by atoms with Crippen LogP contribution in [0.2, 0.25) is 0 Å². The number of anilines is 2. The van der Waals surface area contributed by atoms with Gasteiger partial charge in [0.05, 0.1) is 0 Å². The normalized spacial score (nSPS) is 16.4. The van der Waals surface area contributed by atoms with E-state index >= 15 is 0 Å². The molecule has 1 fully saturated rings. The van der Waals surface area contributed by atoms with Gasteiger partial charge in [0.25, 0.3) is 0 Å². The van der Waals surface area contributed by atoms with E-state index in [0.29, 0.717) is 11.7 Å². The number of nitrogens with one attached hydrogen (secondary N) is 1. The topological polar surface area (TPSA) is 71.5 Å². The molecule has 1 saturated heterocycles. The highest BCUT2D eigenvalue weighted by molar-refractivity contribution is 5.88. The minimum absolute atomic E-state index is 0.503. The lowest BCUT2D eigenvalue weighted by Crippen LogP contribution is -2.29. The number of piperidine rings is 1. The maximum atomic E-state index is 6.22. The number of rotatable bonds is 3. The summed E-state index contributed by atoms with van der Waals surface area (Å²) >= 11 is 0. The van der Waals surface area contributed by atoms with E-state index in [0.717, 1.165) is 48.3 Å². The van der Waals surface area contributed by atoms with E-state index in [1.807, 2.05) is 11.6 Å². The SMILES string of the molecule is CNc1ccc(-c2cc(C3CCN(C)CC3)n3ncnc(N)c23)cc1. The highest BCUT2D eigenvalue weighted by Gasteiger charge is 2.24. The summed E-state index contributed by atoms with van der Waals surface area (Å²) in [5.41, 5.74) is 11.7. The van der Waals surface area contributed by atoms with Gasteiger partial charge >= 0.3 is 0 Å². The van der Waals surface area contributed by atoms with E-state index < -0.39 is 0 Å². The van der Waals surface area contributed by atoms with E-state index in [1.54, 1.807) is 6.33 Å². The molecule has 1 aliphatic heterocycles. The maximum absolute atomic E-state index is 6.22. The molecule has 2 aromatic heterocycles. The molecule has 3 aromatic rings. The number of benzene rings is 1. The van der Waals surface area contributed by atoms with Gasteiger partial charge < -0.3 is 16.0 Å². The van der Waals surface area contributed by atoms with Crippen molar-refractivity contribution in [3.05, 3.63) is 42.4 Å². The third-order valence-corrected chi connectivity index (χ3v) is 5.23. The summed E-state index contributed by atoms with van der Waals surface area (Å²) in [6.45, 7) is 2.23. The van der Waals surface area contributed by atoms with Crippen molar-refractivity contribution >= 4 is 17.0 Å². The van der Waals surface area contributed by atoms with E-state index in [1.165, 1.54) is 5.69 Å². The number of hydrogen-bond donors (Lipinski definition) is 2. The Labute approximate surface area is 147 Å². The van der Waals surface area contributed by atoms with Gasteiger partial charge in [-0.25, -0.2) is 9.50 Å². The van der Waals surface area contributed by atoms with Crippen molar-refractivity contribution in [3.8, 4) is 11.1 Å². The summed E-state index contributed by atoms with van der Waals surface area (Å²) in [6, 6.07) is 10.6. The molecule has 4 rings (SSSR count). The number of fused-ring (bicyclic) bond motifs is 1. The quantitative estimate of drug-likeness (QED) is 0.769. The summed E-state index contributed by atoms with van der Waals surface area (Å²) in [6.07, 6.45) is 3.84. The first-order chi connectivity index (χ1) is 12.2. The fourth-order valence-corrected chi connectivity index (χ4v) is 3.72. The number of aromatic nitrogens is 3. The molecule has 1 aromatic carbocycles. The Balaban J connectivity index is 1.83. The third-order valence-electron chi connectivity index (χ3n) is 5.23. The van der Waals surface area contributed by atoms with Crippen LogP contribution >= 0.6 is 0 Å². The largest absolute Gasteiger partial charge is 0.388 e. The number of nitrogens with zero attached hydrogens (tertiary/aromatic N) is 4. The Morgan fingerprint density at radius 3 is 2.56 bits per heavy atom. The van der Waals surface area contributed by atoms with Gasteiger partial charge in [0.1, 0.15) is 11.8 Å². The van der Waals surface area contributed by atoms with Crippen LogP contribution in [-0.2, 0) is 0 Å². The van der Waals surface area contributed by atoms with E-state index in [9.17, 15) is 0 Å². The van der Waals surface area contributed by atoms with Crippen LogP contribution in [-0.4, -0.2) is 46.7 Å². The summed E-state index contributed by atoms with van der Waals surface area (Å²) < 4.78 is 2.00. The van der Waals surface area contributed by atoms with Crippen LogP contribution in [0, 0.1) is 0 Å². The second kappa shape index (κ2) is 6.37. The second-order valence-electron chi connectivity index (χ2n) is 6.79. The molecule has 6 heteroatoms. The summed E-state index contributed by atoms with van der Waals surface area (Å²) in [5, 5.41) is 7.67. The van der Waals surface area contributed by atoms with Crippen LogP contribution in [0.3, 0.4) is 0 Å². The molecule has 3 N–H and O–H groups in total. The molecule has 0 spiro atoms. The van der Waals surface area contributed by atoms with Crippen LogP contribution in [0.4, 0.5) is 11.5 Å². The molecule has 0 amide bonds. The van der Waals surface area contributed by atoms with Crippen LogP contribution in [0.1, 0.15) is 24.5 Å². The van der Waals surface area contributed by atoms with Crippen LogP contribution in [0.25, 0.3) is 16.6 Å². The number of likely N-dealkylation sites (tertiary alicyclic amines) is 1. The predicted octanol–water partition coefficient (Wildman–Crippen LogP) is 2.83. The molecule has 0 radical (unpaired) electrons. The lowest BCUT2D eigenvalue weighted by molar-refractivity contribution is 0.252. The average molecular weight is 336 g/mol. The van der Waals surface area contributed by atoms with Crippen LogP contribution in [0.15, 0.2) is 36.7 Å². The fraction of sp³-hybridized carbons (Fsp3) is 0.368. The van der Waals surface area contributed by atoms with Crippen molar-refractivity contribution in [3.63, 3.8) is 0 Å². The van der Waals surface area contributed by atoms with E-state index in [2.05, 4.69) is 57.7 Å². The zero-order valence-corrected chi connectivity index (χ0v) is 14.7. The van der Waals surface area contributed by atoms with Gasteiger partial charge in [0.2, 0.25) is 0 Å². The first-order valence-electron chi connectivity index (χ1n) is 8.76. The predicted molar refractivity (Wildman–Crippen MR) is 102 cm³/mol. The van der Waals surface area contributed by atoms with Crippen LogP contribution < -0.4 is 11.1 Å². The van der Waals surface area contributed by atoms with E-state index in [-0.39, 0.29) is 0 Å². The summed E-state index contributed by atoms with van der Waals surface area (Å²) in [7, 11) is 4.11. The van der Waals surface area contributed by atoms with Crippen molar-refractivity contribution < 1.29 is 0 Å². The molecule has 130 valence electrons. The third kappa shape index (κ3) is 2.82. The number of nitrogens with two attached hydrogens (primary N) is 1. The van der Waals surface area contributed by atoms with Crippen molar-refractivity contribution in [2.75, 3.05) is 38.2 Å². The van der Waals surface area contributed by atoms with Gasteiger partial charge in [-0.15, -0.1) is 0 Å². The lowest BCUT2D eigenvalue weighted by atomic mass is 9.93. The lowest BCUT2D eigenvalue weighted by Gasteiger charge is -2.28. The Hall–Kier alpha value is -2.60. The molecular weight excluding hydrogens is 312 g/mol. The van der Waals surface area contributed by atoms with Gasteiger partial charge in [-0.2, -0.15) is 5.10 Å². The van der Waals surface area contributed by atoms with Gasteiger partial charge in [-0.1, -0.05) is 12.1 Å². The molecule has 0 bridgehead atoms. The zero-order valence-electron chi connectivity index (χ0n) is 14.7. The summed E-state index contributed by atoms with van der Waals surface area (Å²) in [5.74, 6) is 1.03. The molecule has 0 atom stereocenters. The highest BCUT2D eigenvalue weighted by atomic mass is 15.3. The van der Waals surface area contributed by atoms with Crippen molar-refractivity contribution in [1.82, 2.24) is 19.5 Å².